The number of anilines is 1. The van der Waals surface area contributed by atoms with Crippen LogP contribution in [0.25, 0.3) is 0 Å². The number of urea groups is 1. The van der Waals surface area contributed by atoms with E-state index in [1.165, 1.54) is 6.92 Å². The van der Waals surface area contributed by atoms with E-state index in [4.69, 9.17) is 5.11 Å². The highest BCUT2D eigenvalue weighted by Gasteiger charge is 2.12. The summed E-state index contributed by atoms with van der Waals surface area (Å²) in [6.07, 6.45) is 1.65. The lowest BCUT2D eigenvalue weighted by Crippen LogP contribution is -2.33. The molecule has 0 radical (unpaired) electrons. The first-order chi connectivity index (χ1) is 10.8. The summed E-state index contributed by atoms with van der Waals surface area (Å²) in [5, 5.41) is 14.7. The van der Waals surface area contributed by atoms with Crippen LogP contribution in [-0.4, -0.2) is 30.1 Å². The molecular weight excluding hydrogens is 292 g/mol. The van der Waals surface area contributed by atoms with Crippen molar-refractivity contribution >= 4 is 17.5 Å². The molecule has 0 aliphatic rings. The molecule has 0 spiro atoms. The summed E-state index contributed by atoms with van der Waals surface area (Å²) in [6, 6.07) is 4.96. The Morgan fingerprint density at radius 1 is 1.26 bits per heavy atom. The van der Waals surface area contributed by atoms with Gasteiger partial charge in [-0.1, -0.05) is 13.8 Å². The van der Waals surface area contributed by atoms with Crippen molar-refractivity contribution in [2.24, 2.45) is 11.8 Å². The van der Waals surface area contributed by atoms with Crippen molar-refractivity contribution in [2.75, 3.05) is 18.5 Å². The molecule has 3 N–H and O–H groups in total. The number of nitrogens with one attached hydrogen (secondary N) is 2. The van der Waals surface area contributed by atoms with E-state index < -0.39 is 0 Å². The number of rotatable bonds is 8. The second-order valence-electron chi connectivity index (χ2n) is 6.43. The Labute approximate surface area is 138 Å². The van der Waals surface area contributed by atoms with Crippen LogP contribution in [0.2, 0.25) is 0 Å². The molecule has 23 heavy (non-hydrogen) atoms. The number of aliphatic hydroxyl groups is 1. The molecule has 128 valence electrons. The molecule has 0 saturated heterocycles. The number of carbonyl (C=O) groups is 2. The van der Waals surface area contributed by atoms with Crippen molar-refractivity contribution in [3.8, 4) is 0 Å². The molecular formula is C18H28N2O3. The normalized spacial score (nSPS) is 12.1. The third kappa shape index (κ3) is 6.82. The average molecular weight is 320 g/mol. The minimum atomic E-state index is -0.272. The number of carbonyl (C=O) groups excluding carboxylic acids is 2. The van der Waals surface area contributed by atoms with Gasteiger partial charge >= 0.3 is 6.03 Å². The lowest BCUT2D eigenvalue weighted by molar-refractivity contribution is 0.101. The molecule has 0 aromatic heterocycles. The van der Waals surface area contributed by atoms with Crippen LogP contribution in [-0.2, 0) is 0 Å². The van der Waals surface area contributed by atoms with E-state index >= 15 is 0 Å². The van der Waals surface area contributed by atoms with Gasteiger partial charge in [0.25, 0.3) is 0 Å². The SMILES string of the molecule is CC(=O)c1ccc(NC(=O)NCC(CCO)CC(C)C)cc1C. The quantitative estimate of drug-likeness (QED) is 0.643. The van der Waals surface area contributed by atoms with Gasteiger partial charge in [0.05, 0.1) is 0 Å². The second kappa shape index (κ2) is 9.30. The number of amides is 2. The van der Waals surface area contributed by atoms with Crippen molar-refractivity contribution in [2.45, 2.75) is 40.5 Å². The predicted octanol–water partition coefficient (Wildman–Crippen LogP) is 3.36. The summed E-state index contributed by atoms with van der Waals surface area (Å²) in [4.78, 5) is 23.4. The van der Waals surface area contributed by atoms with Gasteiger partial charge in [-0.25, -0.2) is 4.79 Å². The Bertz CT molecular complexity index is 541. The molecule has 0 saturated carbocycles. The summed E-state index contributed by atoms with van der Waals surface area (Å²) >= 11 is 0. The second-order valence-corrected chi connectivity index (χ2v) is 6.43. The summed E-state index contributed by atoms with van der Waals surface area (Å²) in [7, 11) is 0. The maximum Gasteiger partial charge on any atom is 0.319 e. The van der Waals surface area contributed by atoms with Gasteiger partial charge in [0.15, 0.2) is 5.78 Å². The number of aryl methyl sites for hydroxylation is 1. The highest BCUT2D eigenvalue weighted by Crippen LogP contribution is 2.16. The number of aliphatic hydroxyl groups excluding tert-OH is 1. The highest BCUT2D eigenvalue weighted by molar-refractivity contribution is 5.96. The highest BCUT2D eigenvalue weighted by atomic mass is 16.3. The predicted molar refractivity (Wildman–Crippen MR) is 92.9 cm³/mol. The van der Waals surface area contributed by atoms with Crippen LogP contribution in [0, 0.1) is 18.8 Å². The first-order valence-electron chi connectivity index (χ1n) is 8.10. The van der Waals surface area contributed by atoms with Crippen molar-refractivity contribution in [3.63, 3.8) is 0 Å². The summed E-state index contributed by atoms with van der Waals surface area (Å²) in [6.45, 7) is 8.30. The fourth-order valence-corrected chi connectivity index (χ4v) is 2.70. The van der Waals surface area contributed by atoms with Crippen LogP contribution in [0.3, 0.4) is 0 Å². The van der Waals surface area contributed by atoms with Gasteiger partial charge in [0.2, 0.25) is 0 Å². The molecule has 0 bridgehead atoms. The molecule has 5 heteroatoms. The Kier molecular flexibility index (Phi) is 7.75. The van der Waals surface area contributed by atoms with Gasteiger partial charge in [-0.2, -0.15) is 0 Å². The third-order valence-electron chi connectivity index (χ3n) is 3.76. The maximum absolute atomic E-state index is 12.0. The maximum atomic E-state index is 12.0. The van der Waals surface area contributed by atoms with E-state index in [9.17, 15) is 9.59 Å². The molecule has 1 aromatic rings. The summed E-state index contributed by atoms with van der Waals surface area (Å²) in [5.41, 5.74) is 2.16. The zero-order valence-electron chi connectivity index (χ0n) is 14.5. The summed E-state index contributed by atoms with van der Waals surface area (Å²) < 4.78 is 0. The van der Waals surface area contributed by atoms with Crippen molar-refractivity contribution in [1.29, 1.82) is 0 Å². The van der Waals surface area contributed by atoms with Gasteiger partial charge in [-0.3, -0.25) is 4.79 Å². The fraction of sp³-hybridized carbons (Fsp3) is 0.556. The topological polar surface area (TPSA) is 78.4 Å². The number of benzene rings is 1. The molecule has 2 amide bonds. The Morgan fingerprint density at radius 2 is 1.96 bits per heavy atom. The number of ketones is 1. The summed E-state index contributed by atoms with van der Waals surface area (Å²) in [5.74, 6) is 0.810. The van der Waals surface area contributed by atoms with Crippen molar-refractivity contribution in [1.82, 2.24) is 5.32 Å². The first-order valence-corrected chi connectivity index (χ1v) is 8.10. The molecule has 0 fully saturated rings. The first kappa shape index (κ1) is 19.2. The van der Waals surface area contributed by atoms with Crippen molar-refractivity contribution < 1.29 is 14.7 Å². The van der Waals surface area contributed by atoms with Crippen molar-refractivity contribution in [3.05, 3.63) is 29.3 Å². The molecule has 0 aliphatic carbocycles. The van der Waals surface area contributed by atoms with E-state index in [1.54, 1.807) is 18.2 Å². The average Bonchev–Trinajstić information content (AvgIpc) is 2.44. The third-order valence-corrected chi connectivity index (χ3v) is 3.76. The van der Waals surface area contributed by atoms with Crippen LogP contribution < -0.4 is 10.6 Å². The lowest BCUT2D eigenvalue weighted by Gasteiger charge is -2.19. The van der Waals surface area contributed by atoms with Gasteiger partial charge in [0.1, 0.15) is 0 Å². The molecule has 1 aromatic carbocycles. The fourth-order valence-electron chi connectivity index (χ4n) is 2.70. The zero-order valence-corrected chi connectivity index (χ0v) is 14.5. The van der Waals surface area contributed by atoms with Crippen LogP contribution in [0.1, 0.15) is 49.5 Å². The smallest absolute Gasteiger partial charge is 0.319 e. The number of hydrogen-bond acceptors (Lipinski definition) is 3. The minimum absolute atomic E-state index is 0.0130. The van der Waals surface area contributed by atoms with E-state index in [0.717, 1.165) is 12.0 Å². The van der Waals surface area contributed by atoms with E-state index in [-0.39, 0.29) is 24.3 Å². The van der Waals surface area contributed by atoms with Gasteiger partial charge < -0.3 is 15.7 Å². The van der Waals surface area contributed by atoms with E-state index in [0.29, 0.717) is 30.1 Å². The minimum Gasteiger partial charge on any atom is -0.396 e. The Morgan fingerprint density at radius 3 is 2.48 bits per heavy atom. The molecule has 0 heterocycles. The Hall–Kier alpha value is -1.88. The van der Waals surface area contributed by atoms with Crippen LogP contribution in [0.4, 0.5) is 10.5 Å². The molecule has 5 nitrogen and oxygen atoms in total. The molecule has 1 atom stereocenters. The molecule has 1 rings (SSSR count). The molecule has 1 unspecified atom stereocenters. The number of Topliss-reactive ketones (excluding diaryl/α,β-unsaturated/α-hetero) is 1. The monoisotopic (exact) mass is 320 g/mol. The van der Waals surface area contributed by atoms with E-state index in [1.807, 2.05) is 6.92 Å². The molecule has 0 aliphatic heterocycles. The van der Waals surface area contributed by atoms with Crippen LogP contribution in [0.15, 0.2) is 18.2 Å². The number of hydrogen-bond donors (Lipinski definition) is 3. The van der Waals surface area contributed by atoms with E-state index in [2.05, 4.69) is 24.5 Å². The van der Waals surface area contributed by atoms with Crippen LogP contribution >= 0.6 is 0 Å². The van der Waals surface area contributed by atoms with Gasteiger partial charge in [-0.05, 0) is 62.3 Å². The zero-order chi connectivity index (χ0) is 17.4. The van der Waals surface area contributed by atoms with Crippen LogP contribution in [0.5, 0.6) is 0 Å². The Balaban J connectivity index is 2.55. The van der Waals surface area contributed by atoms with Gasteiger partial charge in [-0.15, -0.1) is 0 Å². The standard InChI is InChI=1S/C18H28N2O3/c1-12(2)9-15(7-8-21)11-19-18(23)20-16-5-6-17(14(4)22)13(3)10-16/h5-6,10,12,15,21H,7-9,11H2,1-4H3,(H2,19,20,23). The lowest BCUT2D eigenvalue weighted by atomic mass is 9.94. The van der Waals surface area contributed by atoms with Gasteiger partial charge in [0, 0.05) is 24.4 Å². The largest absolute Gasteiger partial charge is 0.396 e.